The Kier molecular flexibility index (Phi) is 45.7. The predicted octanol–water partition coefficient (Wildman–Crippen LogP) is 15.5. The molecule has 0 spiro atoms. The molecule has 0 aliphatic carbocycles. The standard InChI is InChI=1S/C56H106INO10/c1-8-14-18-22-26-30-36-49(37-31-27-23-19-15-9-2)67-53(61)42-34-40-51(59)64-46-56(7,48-66-55(63)58-45-44-57(12-5)13-6)47-65-52(60)41-35-43-54(62)68-50(38-32-28-24-20-16-10-3)39-33-29-25-21-17-11-4/h49-50H,8-48H2,1-7H3,(H,58,63). The Bertz CT molecular complexity index is 1130. The number of hydrogen-bond acceptors (Lipinski definition) is 10. The van der Waals surface area contributed by atoms with Crippen LogP contribution in [-0.2, 0) is 42.9 Å². The average molecular weight is 1080 g/mol. The monoisotopic (exact) mass is 1080 g/mol. The summed E-state index contributed by atoms with van der Waals surface area (Å²) in [5.74, 6) is -1.54. The third-order valence-corrected chi connectivity index (χ3v) is 19.1. The van der Waals surface area contributed by atoms with E-state index < -0.39 is 43.3 Å². The molecule has 0 aliphatic heterocycles. The van der Waals surface area contributed by atoms with E-state index in [0.717, 1.165) is 81.5 Å². The molecular weight excluding hydrogens is 974 g/mol. The first-order chi connectivity index (χ1) is 32.9. The number of halogens is 1. The number of amides is 1. The zero-order chi connectivity index (χ0) is 50.4. The van der Waals surface area contributed by atoms with Crippen LogP contribution in [0, 0.1) is 5.41 Å². The molecule has 12 heteroatoms. The van der Waals surface area contributed by atoms with E-state index in [1.165, 1.54) is 112 Å². The number of rotatable bonds is 49. The molecule has 11 nitrogen and oxygen atoms in total. The molecule has 0 fully saturated rings. The zero-order valence-corrected chi connectivity index (χ0v) is 47.3. The fraction of sp³-hybridized carbons (Fsp3) is 0.911. The summed E-state index contributed by atoms with van der Waals surface area (Å²) in [5.41, 5.74) is -1.02. The zero-order valence-electron chi connectivity index (χ0n) is 45.1. The van der Waals surface area contributed by atoms with Crippen molar-refractivity contribution in [3.63, 3.8) is 0 Å². The van der Waals surface area contributed by atoms with Gasteiger partial charge in [0.25, 0.3) is 0 Å². The fourth-order valence-corrected chi connectivity index (χ4v) is 11.8. The van der Waals surface area contributed by atoms with E-state index in [-0.39, 0.29) is 69.7 Å². The summed E-state index contributed by atoms with van der Waals surface area (Å²) in [6, 6.07) is 0. The Morgan fingerprint density at radius 2 is 0.721 bits per heavy atom. The molecule has 1 amide bonds. The molecule has 0 bridgehead atoms. The van der Waals surface area contributed by atoms with E-state index in [1.54, 1.807) is 6.92 Å². The van der Waals surface area contributed by atoms with Gasteiger partial charge >= 0.3 is 175 Å². The molecule has 0 heterocycles. The molecule has 0 atom stereocenters. The summed E-state index contributed by atoms with van der Waals surface area (Å²) in [7, 11) is 0. The number of carbonyl (C=O) groups is 5. The molecule has 68 heavy (non-hydrogen) atoms. The Hall–Kier alpha value is -2.12. The van der Waals surface area contributed by atoms with E-state index in [0.29, 0.717) is 19.4 Å². The van der Waals surface area contributed by atoms with Gasteiger partial charge in [0.15, 0.2) is 0 Å². The van der Waals surface area contributed by atoms with Crippen molar-refractivity contribution in [2.75, 3.05) is 39.6 Å². The summed E-state index contributed by atoms with van der Waals surface area (Å²) < 4.78 is 32.2. The normalized spacial score (nSPS) is 11.8. The van der Waals surface area contributed by atoms with Crippen molar-refractivity contribution in [1.82, 2.24) is 5.32 Å². The van der Waals surface area contributed by atoms with Crippen molar-refractivity contribution in [2.45, 2.75) is 279 Å². The maximum atomic E-state index is 13.0. The Morgan fingerprint density at radius 3 is 1.06 bits per heavy atom. The van der Waals surface area contributed by atoms with Crippen molar-refractivity contribution < 1.29 is 47.7 Å². The van der Waals surface area contributed by atoms with Gasteiger partial charge in [0.1, 0.15) is 12.2 Å². The van der Waals surface area contributed by atoms with Crippen LogP contribution in [-0.4, -0.2) is 81.8 Å². The van der Waals surface area contributed by atoms with E-state index in [9.17, 15) is 24.0 Å². The van der Waals surface area contributed by atoms with Crippen molar-refractivity contribution in [3.05, 3.63) is 0 Å². The first-order valence-corrected chi connectivity index (χ1v) is 32.7. The molecule has 0 rings (SSSR count). The van der Waals surface area contributed by atoms with Crippen LogP contribution in [0.2, 0.25) is 0 Å². The van der Waals surface area contributed by atoms with Crippen LogP contribution < -0.4 is 5.32 Å². The quantitative estimate of drug-likeness (QED) is 0.0206. The number of alkyl carbamates (subject to hydrolysis) is 1. The number of nitrogens with one attached hydrogen (secondary N) is 1. The predicted molar refractivity (Wildman–Crippen MR) is 289 cm³/mol. The van der Waals surface area contributed by atoms with Crippen LogP contribution in [0.4, 0.5) is 4.79 Å². The third kappa shape index (κ3) is 41.6. The van der Waals surface area contributed by atoms with Gasteiger partial charge in [-0.1, -0.05) is 156 Å². The molecule has 0 aromatic carbocycles. The molecule has 0 aliphatic rings. The van der Waals surface area contributed by atoms with Gasteiger partial charge in [-0.3, -0.25) is 9.59 Å². The van der Waals surface area contributed by atoms with E-state index in [2.05, 4.69) is 46.9 Å². The van der Waals surface area contributed by atoms with Crippen molar-refractivity contribution in [2.24, 2.45) is 5.41 Å². The second-order valence-electron chi connectivity index (χ2n) is 19.6. The van der Waals surface area contributed by atoms with Gasteiger partial charge in [-0.15, -0.1) is 0 Å². The summed E-state index contributed by atoms with van der Waals surface area (Å²) in [5, 5.41) is 2.85. The van der Waals surface area contributed by atoms with Crippen molar-refractivity contribution in [1.29, 1.82) is 0 Å². The number of hydrogen-bond donors (Lipinski definition) is 1. The average Bonchev–Trinajstić information content (AvgIpc) is 3.32. The summed E-state index contributed by atoms with van der Waals surface area (Å²) in [6.07, 6.45) is 32.3. The molecule has 0 aromatic rings. The van der Waals surface area contributed by atoms with Crippen LogP contribution >= 0.6 is 19.8 Å². The van der Waals surface area contributed by atoms with E-state index in [4.69, 9.17) is 23.7 Å². The minimum atomic E-state index is -1.06. The van der Waals surface area contributed by atoms with Gasteiger partial charge in [-0.05, 0) is 51.4 Å². The first-order valence-electron chi connectivity index (χ1n) is 28.1. The number of unbranched alkanes of at least 4 members (excludes halogenated alkanes) is 20. The van der Waals surface area contributed by atoms with Gasteiger partial charge in [-0.2, -0.15) is 0 Å². The van der Waals surface area contributed by atoms with E-state index in [1.807, 2.05) is 0 Å². The van der Waals surface area contributed by atoms with Crippen molar-refractivity contribution in [3.8, 4) is 0 Å². The molecule has 1 N–H and O–H groups in total. The number of esters is 4. The first kappa shape index (κ1) is 65.9. The van der Waals surface area contributed by atoms with Crippen LogP contribution in [0.1, 0.15) is 267 Å². The van der Waals surface area contributed by atoms with Gasteiger partial charge in [0, 0.05) is 12.8 Å². The topological polar surface area (TPSA) is 144 Å². The summed E-state index contributed by atoms with van der Waals surface area (Å²) in [6.45, 7) is 15.1. The number of ether oxygens (including phenoxy) is 5. The second kappa shape index (κ2) is 47.2. The Morgan fingerprint density at radius 1 is 0.412 bits per heavy atom. The second-order valence-corrected chi connectivity index (χ2v) is 26.9. The summed E-state index contributed by atoms with van der Waals surface area (Å²) in [4.78, 5) is 64.6. The van der Waals surface area contributed by atoms with Crippen molar-refractivity contribution >= 4 is 49.8 Å². The number of carbonyl (C=O) groups excluding carboxylic acids is 5. The molecule has 0 aromatic heterocycles. The Labute approximate surface area is 424 Å². The molecular formula is C56H106INO10. The molecule has 0 radical (unpaired) electrons. The molecule has 0 saturated heterocycles. The SMILES string of the molecule is CCCCCCCCC(CCCCCCCC)OC(=O)CCCC(=O)OCC(C)(COC(=O)CCCC(=O)OC(CCCCCCCC)CCCCCCCC)COC(=O)NCCI(CC)CC. The molecule has 0 unspecified atom stereocenters. The van der Waals surface area contributed by atoms with E-state index >= 15 is 0 Å². The Balaban J connectivity index is 5.25. The van der Waals surface area contributed by atoms with Crippen LogP contribution in [0.5, 0.6) is 0 Å². The van der Waals surface area contributed by atoms with Gasteiger partial charge in [0.2, 0.25) is 0 Å². The molecule has 402 valence electrons. The van der Waals surface area contributed by atoms with Crippen LogP contribution in [0.15, 0.2) is 0 Å². The molecule has 0 saturated carbocycles. The van der Waals surface area contributed by atoms with Crippen LogP contribution in [0.3, 0.4) is 0 Å². The van der Waals surface area contributed by atoms with Gasteiger partial charge in [-0.25, -0.2) is 0 Å². The van der Waals surface area contributed by atoms with Crippen LogP contribution in [0.25, 0.3) is 0 Å². The third-order valence-electron chi connectivity index (χ3n) is 12.7. The summed E-state index contributed by atoms with van der Waals surface area (Å²) >= 11 is -1.06. The van der Waals surface area contributed by atoms with Gasteiger partial charge < -0.3 is 9.47 Å². The maximum absolute atomic E-state index is 13.0. The fourth-order valence-electron chi connectivity index (χ4n) is 8.19. The number of alkyl halides is 3. The minimum absolute atomic E-state index is 0.0289. The van der Waals surface area contributed by atoms with Gasteiger partial charge in [0.05, 0.1) is 0 Å².